The molecule has 2 saturated carbocycles. The fourth-order valence-electron chi connectivity index (χ4n) is 3.56. The van der Waals surface area contributed by atoms with Crippen LogP contribution in [0.4, 0.5) is 0 Å². The lowest BCUT2D eigenvalue weighted by molar-refractivity contribution is 0.0944. The highest BCUT2D eigenvalue weighted by Crippen LogP contribution is 2.49. The van der Waals surface area contributed by atoms with E-state index in [1.165, 1.54) is 25.7 Å². The Morgan fingerprint density at radius 1 is 1.41 bits per heavy atom. The van der Waals surface area contributed by atoms with Crippen molar-refractivity contribution in [2.24, 2.45) is 17.8 Å². The van der Waals surface area contributed by atoms with Crippen LogP contribution in [-0.2, 0) is 0 Å². The predicted octanol–water partition coefficient (Wildman–Crippen LogP) is 3.74. The fraction of sp³-hybridized carbons (Fsp3) is 0.571. The van der Waals surface area contributed by atoms with Crippen LogP contribution >= 0.6 is 11.6 Å². The second kappa shape index (κ2) is 4.41. The number of carbonyl (C=O) groups excluding carboxylic acids is 1. The van der Waals surface area contributed by atoms with Gasteiger partial charge in [-0.15, -0.1) is 0 Å². The summed E-state index contributed by atoms with van der Waals surface area (Å²) in [6.07, 6.45) is 7.64. The number of ketones is 1. The summed E-state index contributed by atoms with van der Waals surface area (Å²) in [5.74, 6) is 2.56. The Hall–Kier alpha value is -0.890. The summed E-state index contributed by atoms with van der Waals surface area (Å²) in [5.41, 5.74) is 0.716. The van der Waals surface area contributed by atoms with Crippen LogP contribution in [0.1, 0.15) is 42.5 Å². The molecule has 1 heterocycles. The molecule has 2 bridgehead atoms. The number of nitrogens with zero attached hydrogens (tertiary/aromatic N) is 1. The van der Waals surface area contributed by atoms with Crippen molar-refractivity contribution >= 4 is 17.4 Å². The van der Waals surface area contributed by atoms with Crippen LogP contribution in [0.25, 0.3) is 0 Å². The lowest BCUT2D eigenvalue weighted by Crippen LogP contribution is -2.15. The topological polar surface area (TPSA) is 30.0 Å². The number of halogens is 1. The quantitative estimate of drug-likeness (QED) is 0.603. The van der Waals surface area contributed by atoms with Crippen molar-refractivity contribution < 1.29 is 4.79 Å². The van der Waals surface area contributed by atoms with Crippen LogP contribution < -0.4 is 0 Å². The Labute approximate surface area is 106 Å². The second-order valence-corrected chi connectivity index (χ2v) is 5.82. The number of rotatable bonds is 3. The normalized spacial score (nSPS) is 30.8. The summed E-state index contributed by atoms with van der Waals surface area (Å²) in [4.78, 5) is 16.0. The smallest absolute Gasteiger partial charge is 0.163 e. The third kappa shape index (κ3) is 2.23. The molecular formula is C14H16ClNO. The van der Waals surface area contributed by atoms with Crippen LogP contribution in [0.2, 0.25) is 5.15 Å². The van der Waals surface area contributed by atoms with Crippen molar-refractivity contribution in [3.8, 4) is 0 Å². The molecule has 3 heteroatoms. The van der Waals surface area contributed by atoms with E-state index >= 15 is 0 Å². The van der Waals surface area contributed by atoms with E-state index in [1.54, 1.807) is 18.3 Å². The molecule has 3 unspecified atom stereocenters. The first-order valence-corrected chi connectivity index (χ1v) is 6.75. The maximum Gasteiger partial charge on any atom is 0.163 e. The van der Waals surface area contributed by atoms with Gasteiger partial charge in [-0.2, -0.15) is 0 Å². The molecule has 17 heavy (non-hydrogen) atoms. The van der Waals surface area contributed by atoms with E-state index in [-0.39, 0.29) is 5.78 Å². The number of carbonyl (C=O) groups is 1. The summed E-state index contributed by atoms with van der Waals surface area (Å²) >= 11 is 5.81. The molecule has 0 saturated heterocycles. The van der Waals surface area contributed by atoms with Gasteiger partial charge in [0.05, 0.1) is 0 Å². The zero-order chi connectivity index (χ0) is 11.8. The summed E-state index contributed by atoms with van der Waals surface area (Å²) in [6, 6.07) is 3.44. The number of hydrogen-bond acceptors (Lipinski definition) is 2. The van der Waals surface area contributed by atoms with Crippen molar-refractivity contribution in [3.63, 3.8) is 0 Å². The van der Waals surface area contributed by atoms with E-state index in [9.17, 15) is 4.79 Å². The van der Waals surface area contributed by atoms with E-state index < -0.39 is 0 Å². The van der Waals surface area contributed by atoms with Gasteiger partial charge in [-0.05, 0) is 49.1 Å². The van der Waals surface area contributed by atoms with E-state index in [0.29, 0.717) is 23.1 Å². The molecule has 2 fully saturated rings. The van der Waals surface area contributed by atoms with Crippen LogP contribution in [0, 0.1) is 17.8 Å². The number of hydrogen-bond donors (Lipinski definition) is 0. The highest BCUT2D eigenvalue weighted by molar-refractivity contribution is 6.29. The second-order valence-electron chi connectivity index (χ2n) is 5.43. The lowest BCUT2D eigenvalue weighted by atomic mass is 9.84. The van der Waals surface area contributed by atoms with Crippen LogP contribution in [0.5, 0.6) is 0 Å². The molecule has 2 nitrogen and oxygen atoms in total. The third-order valence-electron chi connectivity index (χ3n) is 4.38. The van der Waals surface area contributed by atoms with Crippen molar-refractivity contribution in [1.29, 1.82) is 0 Å². The van der Waals surface area contributed by atoms with Crippen LogP contribution in [0.3, 0.4) is 0 Å². The Balaban J connectivity index is 1.68. The zero-order valence-corrected chi connectivity index (χ0v) is 10.5. The van der Waals surface area contributed by atoms with Gasteiger partial charge in [0.1, 0.15) is 5.15 Å². The molecule has 0 aromatic carbocycles. The zero-order valence-electron chi connectivity index (χ0n) is 9.73. The van der Waals surface area contributed by atoms with E-state index in [4.69, 9.17) is 11.6 Å². The van der Waals surface area contributed by atoms with Gasteiger partial charge >= 0.3 is 0 Å². The molecule has 1 aromatic rings. The van der Waals surface area contributed by atoms with Crippen molar-refractivity contribution in [1.82, 2.24) is 4.98 Å². The standard InChI is InChI=1S/C14H16ClNO/c15-14-8-11(3-4-16-14)13(17)7-12-6-9-1-2-10(12)5-9/h3-4,8-10,12H,1-2,5-7H2. The fourth-order valence-corrected chi connectivity index (χ4v) is 3.73. The Morgan fingerprint density at radius 3 is 2.94 bits per heavy atom. The molecule has 0 aliphatic heterocycles. The molecule has 0 radical (unpaired) electrons. The minimum Gasteiger partial charge on any atom is -0.294 e. The highest BCUT2D eigenvalue weighted by Gasteiger charge is 2.40. The molecule has 0 N–H and O–H groups in total. The first kappa shape index (κ1) is 11.2. The molecular weight excluding hydrogens is 234 g/mol. The minimum absolute atomic E-state index is 0.229. The van der Waals surface area contributed by atoms with Crippen molar-refractivity contribution in [2.75, 3.05) is 0 Å². The van der Waals surface area contributed by atoms with Crippen molar-refractivity contribution in [2.45, 2.75) is 32.1 Å². The van der Waals surface area contributed by atoms with E-state index in [2.05, 4.69) is 4.98 Å². The first-order chi connectivity index (χ1) is 8.22. The molecule has 90 valence electrons. The predicted molar refractivity (Wildman–Crippen MR) is 67.1 cm³/mol. The molecule has 2 aliphatic carbocycles. The molecule has 2 aliphatic rings. The summed E-state index contributed by atoms with van der Waals surface area (Å²) in [7, 11) is 0. The third-order valence-corrected chi connectivity index (χ3v) is 4.59. The largest absolute Gasteiger partial charge is 0.294 e. The molecule has 0 spiro atoms. The van der Waals surface area contributed by atoms with Crippen LogP contribution in [-0.4, -0.2) is 10.8 Å². The molecule has 1 aromatic heterocycles. The Morgan fingerprint density at radius 2 is 2.29 bits per heavy atom. The van der Waals surface area contributed by atoms with Crippen LogP contribution in [0.15, 0.2) is 18.3 Å². The Bertz CT molecular complexity index is 446. The maximum absolute atomic E-state index is 12.1. The highest BCUT2D eigenvalue weighted by atomic mass is 35.5. The SMILES string of the molecule is O=C(CC1CC2CCC1C2)c1ccnc(Cl)c1. The molecule has 3 rings (SSSR count). The van der Waals surface area contributed by atoms with Gasteiger partial charge in [0.15, 0.2) is 5.78 Å². The summed E-state index contributed by atoms with van der Waals surface area (Å²) in [6.45, 7) is 0. The minimum atomic E-state index is 0.229. The maximum atomic E-state index is 12.1. The Kier molecular flexibility index (Phi) is 2.91. The van der Waals surface area contributed by atoms with Gasteiger partial charge in [0.2, 0.25) is 0 Å². The average molecular weight is 250 g/mol. The lowest BCUT2D eigenvalue weighted by Gasteiger charge is -2.20. The molecule has 0 amide bonds. The summed E-state index contributed by atoms with van der Waals surface area (Å²) < 4.78 is 0. The van der Waals surface area contributed by atoms with Gasteiger partial charge in [0, 0.05) is 18.2 Å². The number of pyridine rings is 1. The van der Waals surface area contributed by atoms with E-state index in [0.717, 1.165) is 11.8 Å². The first-order valence-electron chi connectivity index (χ1n) is 6.37. The number of aromatic nitrogens is 1. The van der Waals surface area contributed by atoms with Gasteiger partial charge in [-0.25, -0.2) is 4.98 Å². The van der Waals surface area contributed by atoms with Gasteiger partial charge in [0.25, 0.3) is 0 Å². The molecule has 3 atom stereocenters. The number of fused-ring (bicyclic) bond motifs is 2. The number of Topliss-reactive ketones (excluding diaryl/α,β-unsaturated/α-hetero) is 1. The monoisotopic (exact) mass is 249 g/mol. The van der Waals surface area contributed by atoms with Gasteiger partial charge in [-0.3, -0.25) is 4.79 Å². The van der Waals surface area contributed by atoms with Crippen molar-refractivity contribution in [3.05, 3.63) is 29.0 Å². The van der Waals surface area contributed by atoms with Gasteiger partial charge in [-0.1, -0.05) is 18.0 Å². The van der Waals surface area contributed by atoms with E-state index in [1.807, 2.05) is 0 Å². The average Bonchev–Trinajstić information content (AvgIpc) is 2.91. The summed E-state index contributed by atoms with van der Waals surface area (Å²) in [5, 5.41) is 0.406. The van der Waals surface area contributed by atoms with Gasteiger partial charge < -0.3 is 0 Å².